The minimum absolute atomic E-state index is 0.724. The summed E-state index contributed by atoms with van der Waals surface area (Å²) in [6.45, 7) is 3.36. The van der Waals surface area contributed by atoms with Gasteiger partial charge in [-0.2, -0.15) is 0 Å². The lowest BCUT2D eigenvalue weighted by Crippen LogP contribution is -2.27. The Hall–Kier alpha value is -2.36. The summed E-state index contributed by atoms with van der Waals surface area (Å²) in [6.07, 6.45) is 8.63. The van der Waals surface area contributed by atoms with Crippen molar-refractivity contribution in [2.45, 2.75) is 0 Å². The summed E-state index contributed by atoms with van der Waals surface area (Å²) in [5.74, 6) is 0.895. The van der Waals surface area contributed by atoms with Gasteiger partial charge in [0.05, 0.1) is 13.7 Å². The van der Waals surface area contributed by atoms with Crippen LogP contribution < -0.4 is 4.74 Å². The smallest absolute Gasteiger partial charge is 0.126 e. The Morgan fingerprint density at radius 1 is 0.840 bits per heavy atom. The summed E-state index contributed by atoms with van der Waals surface area (Å²) in [6, 6.07) is 18.4. The summed E-state index contributed by atoms with van der Waals surface area (Å²) in [7, 11) is 3.44. The molecule has 25 heavy (non-hydrogen) atoms. The summed E-state index contributed by atoms with van der Waals surface area (Å²) in [5, 5.41) is 0. The molecule has 0 saturated carbocycles. The van der Waals surface area contributed by atoms with Gasteiger partial charge in [-0.15, -0.1) is 0 Å². The Morgan fingerprint density at radius 2 is 1.52 bits per heavy atom. The molecular formula is C22H27NO2. The van der Waals surface area contributed by atoms with E-state index >= 15 is 0 Å². The van der Waals surface area contributed by atoms with Gasteiger partial charge in [-0.05, 0) is 11.6 Å². The fourth-order valence-electron chi connectivity index (χ4n) is 2.51. The van der Waals surface area contributed by atoms with Crippen LogP contribution in [0.1, 0.15) is 11.1 Å². The normalized spacial score (nSPS) is 11.6. The van der Waals surface area contributed by atoms with Crippen LogP contribution in [0.3, 0.4) is 0 Å². The minimum atomic E-state index is 0.724. The molecule has 0 bridgehead atoms. The van der Waals surface area contributed by atoms with Crippen LogP contribution >= 0.6 is 0 Å². The first-order valence-corrected chi connectivity index (χ1v) is 8.56. The average Bonchev–Trinajstić information content (AvgIpc) is 2.67. The third-order valence-corrected chi connectivity index (χ3v) is 3.89. The SMILES string of the molecule is COCCN(CC=Cc1ccccc1)CC=Cc1ccccc1OC. The van der Waals surface area contributed by atoms with Crippen LogP contribution in [-0.2, 0) is 4.74 Å². The van der Waals surface area contributed by atoms with Crippen LogP contribution in [0, 0.1) is 0 Å². The third kappa shape index (κ3) is 6.96. The van der Waals surface area contributed by atoms with E-state index in [-0.39, 0.29) is 0 Å². The van der Waals surface area contributed by atoms with E-state index < -0.39 is 0 Å². The highest BCUT2D eigenvalue weighted by atomic mass is 16.5. The van der Waals surface area contributed by atoms with Crippen molar-refractivity contribution in [1.29, 1.82) is 0 Å². The van der Waals surface area contributed by atoms with Crippen LogP contribution in [0.25, 0.3) is 12.2 Å². The van der Waals surface area contributed by atoms with Crippen molar-refractivity contribution in [1.82, 2.24) is 4.90 Å². The molecule has 0 atom stereocenters. The number of para-hydroxylation sites is 1. The molecule has 0 radical (unpaired) electrons. The van der Waals surface area contributed by atoms with E-state index in [4.69, 9.17) is 9.47 Å². The molecule has 2 aromatic rings. The van der Waals surface area contributed by atoms with Crippen molar-refractivity contribution in [3.63, 3.8) is 0 Å². The van der Waals surface area contributed by atoms with E-state index in [1.807, 2.05) is 24.3 Å². The van der Waals surface area contributed by atoms with Crippen molar-refractivity contribution in [2.75, 3.05) is 40.5 Å². The van der Waals surface area contributed by atoms with Gasteiger partial charge in [0.15, 0.2) is 0 Å². The van der Waals surface area contributed by atoms with Crippen LogP contribution in [0.4, 0.5) is 0 Å². The van der Waals surface area contributed by atoms with Gasteiger partial charge in [0.1, 0.15) is 5.75 Å². The first-order valence-electron chi connectivity index (χ1n) is 8.56. The Morgan fingerprint density at radius 3 is 2.24 bits per heavy atom. The van der Waals surface area contributed by atoms with Crippen molar-refractivity contribution >= 4 is 12.2 Å². The molecule has 0 aliphatic heterocycles. The molecule has 0 fully saturated rings. The van der Waals surface area contributed by atoms with E-state index in [9.17, 15) is 0 Å². The first-order chi connectivity index (χ1) is 12.3. The highest BCUT2D eigenvalue weighted by Crippen LogP contribution is 2.18. The number of rotatable bonds is 10. The van der Waals surface area contributed by atoms with Crippen molar-refractivity contribution in [3.8, 4) is 5.75 Å². The lowest BCUT2D eigenvalue weighted by Gasteiger charge is -2.18. The highest BCUT2D eigenvalue weighted by Gasteiger charge is 2.01. The minimum Gasteiger partial charge on any atom is -0.496 e. The highest BCUT2D eigenvalue weighted by molar-refractivity contribution is 5.57. The zero-order valence-electron chi connectivity index (χ0n) is 15.1. The largest absolute Gasteiger partial charge is 0.496 e. The van der Waals surface area contributed by atoms with Gasteiger partial charge in [-0.1, -0.05) is 72.8 Å². The first kappa shape index (κ1) is 19.0. The molecule has 0 aliphatic rings. The summed E-state index contributed by atoms with van der Waals surface area (Å²) < 4.78 is 10.6. The Bertz CT molecular complexity index is 665. The van der Waals surface area contributed by atoms with Gasteiger partial charge < -0.3 is 9.47 Å². The molecular weight excluding hydrogens is 310 g/mol. The summed E-state index contributed by atoms with van der Waals surface area (Å²) in [4.78, 5) is 2.34. The molecule has 0 heterocycles. The molecule has 0 aliphatic carbocycles. The number of benzene rings is 2. The molecule has 0 aromatic heterocycles. The summed E-state index contributed by atoms with van der Waals surface area (Å²) in [5.41, 5.74) is 2.32. The zero-order chi connectivity index (χ0) is 17.7. The Labute approximate surface area is 151 Å². The van der Waals surface area contributed by atoms with E-state index in [1.54, 1.807) is 14.2 Å². The zero-order valence-corrected chi connectivity index (χ0v) is 15.1. The maximum atomic E-state index is 5.39. The lowest BCUT2D eigenvalue weighted by atomic mass is 10.2. The van der Waals surface area contributed by atoms with Gasteiger partial charge in [-0.25, -0.2) is 0 Å². The predicted octanol–water partition coefficient (Wildman–Crippen LogP) is 4.37. The monoisotopic (exact) mass is 337 g/mol. The maximum Gasteiger partial charge on any atom is 0.126 e. The van der Waals surface area contributed by atoms with Crippen LogP contribution in [0.5, 0.6) is 5.75 Å². The summed E-state index contributed by atoms with van der Waals surface area (Å²) >= 11 is 0. The van der Waals surface area contributed by atoms with Crippen LogP contribution in [0.2, 0.25) is 0 Å². The van der Waals surface area contributed by atoms with Crippen LogP contribution in [-0.4, -0.2) is 45.4 Å². The standard InChI is InChI=1S/C22H27NO2/c1-24-19-18-23(16-8-12-20-10-4-3-5-11-20)17-9-14-21-13-6-7-15-22(21)25-2/h3-15H,16-19H2,1-2H3. The molecule has 0 spiro atoms. The van der Waals surface area contributed by atoms with Gasteiger partial charge >= 0.3 is 0 Å². The molecule has 3 nitrogen and oxygen atoms in total. The van der Waals surface area contributed by atoms with Gasteiger partial charge in [-0.3, -0.25) is 4.90 Å². The molecule has 2 rings (SSSR count). The molecule has 0 amide bonds. The van der Waals surface area contributed by atoms with Gasteiger partial charge in [0.25, 0.3) is 0 Å². The maximum absolute atomic E-state index is 5.39. The number of nitrogens with zero attached hydrogens (tertiary/aromatic N) is 1. The number of methoxy groups -OCH3 is 2. The van der Waals surface area contributed by atoms with Crippen LogP contribution in [0.15, 0.2) is 66.7 Å². The van der Waals surface area contributed by atoms with Crippen molar-refractivity contribution in [3.05, 3.63) is 77.9 Å². The lowest BCUT2D eigenvalue weighted by molar-refractivity contribution is 0.160. The van der Waals surface area contributed by atoms with E-state index in [0.717, 1.165) is 37.6 Å². The number of hydrogen-bond acceptors (Lipinski definition) is 3. The second-order valence-corrected chi connectivity index (χ2v) is 5.71. The molecule has 0 unspecified atom stereocenters. The number of ether oxygens (including phenoxy) is 2. The topological polar surface area (TPSA) is 21.7 Å². The Kier molecular flexibility index (Phi) is 8.53. The predicted molar refractivity (Wildman–Crippen MR) is 106 cm³/mol. The molecule has 2 aromatic carbocycles. The van der Waals surface area contributed by atoms with Gasteiger partial charge in [0.2, 0.25) is 0 Å². The molecule has 3 heteroatoms. The Balaban J connectivity index is 1.92. The second kappa shape index (κ2) is 11.2. The van der Waals surface area contributed by atoms with Crippen molar-refractivity contribution in [2.24, 2.45) is 0 Å². The van der Waals surface area contributed by atoms with E-state index in [0.29, 0.717) is 0 Å². The molecule has 132 valence electrons. The molecule has 0 saturated heterocycles. The van der Waals surface area contributed by atoms with Gasteiger partial charge in [0, 0.05) is 32.3 Å². The van der Waals surface area contributed by atoms with Crippen molar-refractivity contribution < 1.29 is 9.47 Å². The number of hydrogen-bond donors (Lipinski definition) is 0. The van der Waals surface area contributed by atoms with E-state index in [1.165, 1.54) is 5.56 Å². The second-order valence-electron chi connectivity index (χ2n) is 5.71. The third-order valence-electron chi connectivity index (χ3n) is 3.89. The molecule has 0 N–H and O–H groups in total. The fraction of sp³-hybridized carbons (Fsp3) is 0.273. The van der Waals surface area contributed by atoms with E-state index in [2.05, 4.69) is 59.5 Å². The quantitative estimate of drug-likeness (QED) is 0.642. The fourth-order valence-corrected chi connectivity index (χ4v) is 2.51. The average molecular weight is 337 g/mol.